The third kappa shape index (κ3) is 6.05. The molecule has 0 spiro atoms. The summed E-state index contributed by atoms with van der Waals surface area (Å²) in [6, 6.07) is 7.69. The van der Waals surface area contributed by atoms with Crippen LogP contribution in [0.3, 0.4) is 0 Å². The molecule has 0 aliphatic rings. The van der Waals surface area contributed by atoms with E-state index in [0.717, 1.165) is 0 Å². The topological polar surface area (TPSA) is 64.3 Å². The van der Waals surface area contributed by atoms with Crippen molar-refractivity contribution in [3.8, 4) is 0 Å². The van der Waals surface area contributed by atoms with Gasteiger partial charge in [-0.25, -0.2) is 0 Å². The van der Waals surface area contributed by atoms with Crippen LogP contribution in [-0.2, 0) is 9.53 Å². The van der Waals surface area contributed by atoms with E-state index in [1.165, 1.54) is 18.2 Å². The molecule has 1 amide bonds. The number of nitrogens with one attached hydrogen (secondary N) is 1. The summed E-state index contributed by atoms with van der Waals surface area (Å²) in [5.74, 6) is 0.0972. The van der Waals surface area contributed by atoms with Crippen LogP contribution in [0.1, 0.15) is 24.0 Å². The van der Waals surface area contributed by atoms with E-state index in [1.807, 2.05) is 6.07 Å². The van der Waals surface area contributed by atoms with Gasteiger partial charge in [0.2, 0.25) is 5.91 Å². The van der Waals surface area contributed by atoms with Gasteiger partial charge in [-0.2, -0.15) is 0 Å². The van der Waals surface area contributed by atoms with E-state index >= 15 is 0 Å². The minimum absolute atomic E-state index is 0. The van der Waals surface area contributed by atoms with Gasteiger partial charge < -0.3 is 15.8 Å². The van der Waals surface area contributed by atoms with E-state index in [1.54, 1.807) is 0 Å². The Balaban J connectivity index is 0.00000324. The zero-order valence-corrected chi connectivity index (χ0v) is 12.5. The highest BCUT2D eigenvalue weighted by Gasteiger charge is 2.14. The predicted octanol–water partition coefficient (Wildman–Crippen LogP) is 1.61. The Hall–Kier alpha value is -1.10. The largest absolute Gasteiger partial charge is 0.383 e. The van der Waals surface area contributed by atoms with Gasteiger partial charge in [0, 0.05) is 13.7 Å². The molecule has 0 saturated heterocycles. The molecule has 0 bridgehead atoms. The predicted molar refractivity (Wildman–Crippen MR) is 79.7 cm³/mol. The zero-order valence-electron chi connectivity index (χ0n) is 11.7. The standard InChI is InChI=1S/C14H22N2O2.ClH/c1-10-5-4-6-12(7-10)11(2)8-16-14(17)13(15)9-18-3;/h4-7,11,13H,8-9,15H2,1-3H3,(H,16,17);1H. The van der Waals surface area contributed by atoms with Crippen LogP contribution in [-0.4, -0.2) is 32.2 Å². The van der Waals surface area contributed by atoms with E-state index in [4.69, 9.17) is 10.5 Å². The summed E-state index contributed by atoms with van der Waals surface area (Å²) < 4.78 is 4.85. The van der Waals surface area contributed by atoms with Crippen LogP contribution in [0.25, 0.3) is 0 Å². The molecule has 1 rings (SSSR count). The summed E-state index contributed by atoms with van der Waals surface area (Å²) in [5, 5.41) is 2.84. The van der Waals surface area contributed by atoms with Gasteiger partial charge in [-0.15, -0.1) is 12.4 Å². The van der Waals surface area contributed by atoms with Crippen molar-refractivity contribution in [2.75, 3.05) is 20.3 Å². The molecule has 1 aromatic carbocycles. The molecule has 0 aliphatic heterocycles. The van der Waals surface area contributed by atoms with Crippen LogP contribution in [0.15, 0.2) is 24.3 Å². The average Bonchev–Trinajstić information content (AvgIpc) is 2.35. The number of aryl methyl sites for hydroxylation is 1. The number of amides is 1. The Morgan fingerprint density at radius 1 is 1.47 bits per heavy atom. The Kier molecular flexibility index (Phi) is 8.39. The molecule has 3 N–H and O–H groups in total. The van der Waals surface area contributed by atoms with Gasteiger partial charge in [-0.1, -0.05) is 36.8 Å². The van der Waals surface area contributed by atoms with Gasteiger partial charge in [0.1, 0.15) is 6.04 Å². The van der Waals surface area contributed by atoms with E-state index in [9.17, 15) is 4.79 Å². The number of rotatable bonds is 6. The third-order valence-electron chi connectivity index (χ3n) is 2.88. The van der Waals surface area contributed by atoms with Crippen molar-refractivity contribution in [2.45, 2.75) is 25.8 Å². The summed E-state index contributed by atoms with van der Waals surface area (Å²) in [6.45, 7) is 4.96. The van der Waals surface area contributed by atoms with Crippen LogP contribution < -0.4 is 11.1 Å². The highest BCUT2D eigenvalue weighted by Crippen LogP contribution is 2.15. The fourth-order valence-corrected chi connectivity index (χ4v) is 1.73. The molecule has 0 fully saturated rings. The lowest BCUT2D eigenvalue weighted by Gasteiger charge is -2.16. The third-order valence-corrected chi connectivity index (χ3v) is 2.88. The van der Waals surface area contributed by atoms with Crippen molar-refractivity contribution in [2.24, 2.45) is 5.73 Å². The van der Waals surface area contributed by atoms with Gasteiger partial charge in [0.05, 0.1) is 6.61 Å². The molecule has 0 aliphatic carbocycles. The molecular weight excluding hydrogens is 264 g/mol. The zero-order chi connectivity index (χ0) is 13.5. The normalized spacial score (nSPS) is 13.3. The number of hydrogen-bond acceptors (Lipinski definition) is 3. The maximum Gasteiger partial charge on any atom is 0.239 e. The molecule has 108 valence electrons. The molecule has 0 radical (unpaired) electrons. The van der Waals surface area contributed by atoms with Gasteiger partial charge in [0.25, 0.3) is 0 Å². The molecule has 1 aromatic rings. The number of benzene rings is 1. The molecule has 19 heavy (non-hydrogen) atoms. The maximum absolute atomic E-state index is 11.6. The van der Waals surface area contributed by atoms with Crippen molar-refractivity contribution in [1.82, 2.24) is 5.32 Å². The summed E-state index contributed by atoms with van der Waals surface area (Å²) in [4.78, 5) is 11.6. The second-order valence-electron chi connectivity index (χ2n) is 4.62. The number of carbonyl (C=O) groups excluding carboxylic acids is 1. The first-order chi connectivity index (χ1) is 8.54. The molecule has 2 atom stereocenters. The van der Waals surface area contributed by atoms with Gasteiger partial charge in [-0.3, -0.25) is 4.79 Å². The number of carbonyl (C=O) groups is 1. The molecule has 2 unspecified atom stereocenters. The van der Waals surface area contributed by atoms with Crippen molar-refractivity contribution < 1.29 is 9.53 Å². The van der Waals surface area contributed by atoms with Crippen molar-refractivity contribution in [1.29, 1.82) is 0 Å². The summed E-state index contributed by atoms with van der Waals surface area (Å²) in [6.07, 6.45) is 0. The number of methoxy groups -OCH3 is 1. The SMILES string of the molecule is COCC(N)C(=O)NCC(C)c1cccc(C)c1.Cl. The Bertz CT molecular complexity index is 399. The quantitative estimate of drug-likeness (QED) is 0.835. The van der Waals surface area contributed by atoms with Gasteiger partial charge >= 0.3 is 0 Å². The van der Waals surface area contributed by atoms with Crippen LogP contribution >= 0.6 is 12.4 Å². The molecule has 4 nitrogen and oxygen atoms in total. The molecule has 0 heterocycles. The fourth-order valence-electron chi connectivity index (χ4n) is 1.73. The van der Waals surface area contributed by atoms with E-state index in [-0.39, 0.29) is 30.8 Å². The lowest BCUT2D eigenvalue weighted by atomic mass is 9.99. The van der Waals surface area contributed by atoms with Crippen molar-refractivity contribution in [3.05, 3.63) is 35.4 Å². The Morgan fingerprint density at radius 2 is 2.16 bits per heavy atom. The molecular formula is C14H23ClN2O2. The van der Waals surface area contributed by atoms with Gasteiger partial charge in [-0.05, 0) is 18.4 Å². The Morgan fingerprint density at radius 3 is 2.74 bits per heavy atom. The number of halogens is 1. The molecule has 0 aromatic heterocycles. The first kappa shape index (κ1) is 17.9. The average molecular weight is 287 g/mol. The first-order valence-corrected chi connectivity index (χ1v) is 6.13. The fraction of sp³-hybridized carbons (Fsp3) is 0.500. The highest BCUT2D eigenvalue weighted by atomic mass is 35.5. The van der Waals surface area contributed by atoms with Gasteiger partial charge in [0.15, 0.2) is 0 Å². The molecule has 5 heteroatoms. The smallest absolute Gasteiger partial charge is 0.239 e. The van der Waals surface area contributed by atoms with Crippen molar-refractivity contribution in [3.63, 3.8) is 0 Å². The highest BCUT2D eigenvalue weighted by molar-refractivity contribution is 5.85. The van der Waals surface area contributed by atoms with E-state index in [0.29, 0.717) is 6.54 Å². The van der Waals surface area contributed by atoms with Crippen LogP contribution in [0, 0.1) is 6.92 Å². The number of ether oxygens (including phenoxy) is 1. The number of hydrogen-bond donors (Lipinski definition) is 2. The lowest BCUT2D eigenvalue weighted by molar-refractivity contribution is -0.123. The lowest BCUT2D eigenvalue weighted by Crippen LogP contribution is -2.44. The maximum atomic E-state index is 11.6. The molecule has 0 saturated carbocycles. The van der Waals surface area contributed by atoms with Crippen LogP contribution in [0.2, 0.25) is 0 Å². The number of nitrogens with two attached hydrogens (primary N) is 1. The summed E-state index contributed by atoms with van der Waals surface area (Å²) in [7, 11) is 1.53. The summed E-state index contributed by atoms with van der Waals surface area (Å²) >= 11 is 0. The monoisotopic (exact) mass is 286 g/mol. The second-order valence-corrected chi connectivity index (χ2v) is 4.62. The summed E-state index contributed by atoms with van der Waals surface area (Å²) in [5.41, 5.74) is 8.08. The first-order valence-electron chi connectivity index (χ1n) is 6.13. The minimum atomic E-state index is -0.597. The van der Waals surface area contributed by atoms with E-state index in [2.05, 4.69) is 37.4 Å². The Labute approximate surface area is 121 Å². The van der Waals surface area contributed by atoms with Crippen LogP contribution in [0.5, 0.6) is 0 Å². The minimum Gasteiger partial charge on any atom is -0.383 e. The van der Waals surface area contributed by atoms with Crippen LogP contribution in [0.4, 0.5) is 0 Å². The second kappa shape index (κ2) is 8.91. The van der Waals surface area contributed by atoms with Crippen molar-refractivity contribution >= 4 is 18.3 Å². The van der Waals surface area contributed by atoms with E-state index < -0.39 is 6.04 Å².